The highest BCUT2D eigenvalue weighted by molar-refractivity contribution is 4.96. The first-order chi connectivity index (χ1) is 8.05. The molecular weight excluding hydrogens is 212 g/mol. The molecule has 1 saturated carbocycles. The van der Waals surface area contributed by atoms with Crippen LogP contribution in [-0.2, 0) is 0 Å². The summed E-state index contributed by atoms with van der Waals surface area (Å²) in [5, 5.41) is 9.43. The second kappa shape index (κ2) is 5.25. The maximum Gasteiger partial charge on any atom is 0.0613 e. The first-order valence-corrected chi connectivity index (χ1v) is 7.17. The van der Waals surface area contributed by atoms with Gasteiger partial charge >= 0.3 is 0 Å². The molecule has 2 aliphatic rings. The van der Waals surface area contributed by atoms with Crippen LogP contribution in [0.2, 0.25) is 0 Å². The summed E-state index contributed by atoms with van der Waals surface area (Å²) in [6, 6.07) is 0. The van der Waals surface area contributed by atoms with E-state index in [2.05, 4.69) is 18.7 Å². The van der Waals surface area contributed by atoms with E-state index in [1.807, 2.05) is 0 Å². The lowest BCUT2D eigenvalue weighted by Crippen LogP contribution is -2.47. The van der Waals surface area contributed by atoms with E-state index in [-0.39, 0.29) is 12.1 Å². The molecule has 4 atom stereocenters. The van der Waals surface area contributed by atoms with Gasteiger partial charge in [0.2, 0.25) is 0 Å². The van der Waals surface area contributed by atoms with Crippen molar-refractivity contribution in [2.24, 2.45) is 23.5 Å². The molecule has 0 aromatic rings. The molecule has 0 bridgehead atoms. The normalized spacial score (nSPS) is 43.4. The van der Waals surface area contributed by atoms with Crippen molar-refractivity contribution in [3.8, 4) is 0 Å². The zero-order valence-corrected chi connectivity index (χ0v) is 11.4. The minimum Gasteiger partial charge on any atom is -0.394 e. The van der Waals surface area contributed by atoms with Crippen molar-refractivity contribution in [3.63, 3.8) is 0 Å². The van der Waals surface area contributed by atoms with Gasteiger partial charge in [-0.2, -0.15) is 0 Å². The summed E-state index contributed by atoms with van der Waals surface area (Å²) in [6.07, 6.45) is 4.56. The van der Waals surface area contributed by atoms with Gasteiger partial charge in [-0.05, 0) is 43.6 Å². The summed E-state index contributed by atoms with van der Waals surface area (Å²) in [7, 11) is 0. The molecule has 3 heteroatoms. The van der Waals surface area contributed by atoms with Crippen LogP contribution in [0.5, 0.6) is 0 Å². The molecule has 0 spiro atoms. The molecule has 2 rings (SSSR count). The molecule has 2 fully saturated rings. The van der Waals surface area contributed by atoms with E-state index in [9.17, 15) is 5.11 Å². The fourth-order valence-corrected chi connectivity index (χ4v) is 3.58. The van der Waals surface area contributed by atoms with Crippen molar-refractivity contribution in [2.75, 3.05) is 26.2 Å². The van der Waals surface area contributed by atoms with E-state index in [1.165, 1.54) is 25.9 Å². The molecule has 0 aromatic carbocycles. The van der Waals surface area contributed by atoms with Crippen molar-refractivity contribution < 1.29 is 5.11 Å². The highest BCUT2D eigenvalue weighted by atomic mass is 16.3. The van der Waals surface area contributed by atoms with Gasteiger partial charge in [0.05, 0.1) is 6.61 Å². The number of nitrogens with two attached hydrogens (primary N) is 1. The van der Waals surface area contributed by atoms with Crippen LogP contribution in [0.3, 0.4) is 0 Å². The zero-order chi connectivity index (χ0) is 12.5. The van der Waals surface area contributed by atoms with Crippen LogP contribution in [0.4, 0.5) is 0 Å². The van der Waals surface area contributed by atoms with Gasteiger partial charge in [0.1, 0.15) is 0 Å². The molecule has 3 nitrogen and oxygen atoms in total. The van der Waals surface area contributed by atoms with Crippen molar-refractivity contribution in [2.45, 2.75) is 45.1 Å². The zero-order valence-electron chi connectivity index (χ0n) is 11.4. The van der Waals surface area contributed by atoms with Gasteiger partial charge in [-0.25, -0.2) is 0 Å². The minimum atomic E-state index is -0.281. The molecule has 3 N–H and O–H groups in total. The van der Waals surface area contributed by atoms with E-state index in [0.29, 0.717) is 5.92 Å². The Hall–Kier alpha value is -0.120. The van der Waals surface area contributed by atoms with E-state index in [0.717, 1.165) is 31.2 Å². The largest absolute Gasteiger partial charge is 0.394 e. The third-order valence-corrected chi connectivity index (χ3v) is 5.16. The lowest BCUT2D eigenvalue weighted by Gasteiger charge is -2.30. The smallest absolute Gasteiger partial charge is 0.0613 e. The van der Waals surface area contributed by atoms with E-state index in [1.54, 1.807) is 0 Å². The first kappa shape index (κ1) is 13.3. The molecule has 4 unspecified atom stereocenters. The minimum absolute atomic E-state index is 0.157. The summed E-state index contributed by atoms with van der Waals surface area (Å²) in [6.45, 7) is 8.50. The number of aliphatic hydroxyl groups excluding tert-OH is 1. The van der Waals surface area contributed by atoms with Crippen LogP contribution in [0.1, 0.15) is 39.5 Å². The molecule has 1 saturated heterocycles. The van der Waals surface area contributed by atoms with Crippen LogP contribution in [0.25, 0.3) is 0 Å². The Morgan fingerprint density at radius 2 is 1.94 bits per heavy atom. The van der Waals surface area contributed by atoms with Crippen molar-refractivity contribution >= 4 is 0 Å². The highest BCUT2D eigenvalue weighted by Gasteiger charge is 2.39. The quantitative estimate of drug-likeness (QED) is 0.782. The molecule has 100 valence electrons. The molecule has 17 heavy (non-hydrogen) atoms. The van der Waals surface area contributed by atoms with Crippen LogP contribution in [-0.4, -0.2) is 41.8 Å². The second-order valence-corrected chi connectivity index (χ2v) is 6.48. The molecule has 0 amide bonds. The third kappa shape index (κ3) is 2.83. The predicted molar refractivity (Wildman–Crippen MR) is 70.7 cm³/mol. The molecular formula is C14H28N2O. The number of hydrogen-bond donors (Lipinski definition) is 2. The summed E-state index contributed by atoms with van der Waals surface area (Å²) < 4.78 is 0. The molecule has 0 aromatic heterocycles. The van der Waals surface area contributed by atoms with Crippen molar-refractivity contribution in [1.82, 2.24) is 4.90 Å². The molecule has 0 radical (unpaired) electrons. The Balaban J connectivity index is 1.79. The Kier molecular flexibility index (Phi) is 4.11. The molecule has 1 aliphatic carbocycles. The van der Waals surface area contributed by atoms with Crippen LogP contribution in [0, 0.1) is 17.8 Å². The predicted octanol–water partition coefficient (Wildman–Crippen LogP) is 1.45. The number of nitrogens with zero attached hydrogens (tertiary/aromatic N) is 1. The number of hydrogen-bond acceptors (Lipinski definition) is 3. The van der Waals surface area contributed by atoms with Gasteiger partial charge in [-0.15, -0.1) is 0 Å². The van der Waals surface area contributed by atoms with Crippen LogP contribution >= 0.6 is 0 Å². The number of aliphatic hydroxyl groups is 1. The summed E-state index contributed by atoms with van der Waals surface area (Å²) >= 11 is 0. The fourth-order valence-electron chi connectivity index (χ4n) is 3.58. The van der Waals surface area contributed by atoms with Gasteiger partial charge in [-0.3, -0.25) is 0 Å². The van der Waals surface area contributed by atoms with Gasteiger partial charge in [0.15, 0.2) is 0 Å². The Labute approximate surface area is 105 Å². The van der Waals surface area contributed by atoms with Gasteiger partial charge in [0.25, 0.3) is 0 Å². The van der Waals surface area contributed by atoms with E-state index >= 15 is 0 Å². The van der Waals surface area contributed by atoms with Crippen molar-refractivity contribution in [1.29, 1.82) is 0 Å². The first-order valence-electron chi connectivity index (χ1n) is 7.17. The lowest BCUT2D eigenvalue weighted by molar-refractivity contribution is 0.146. The lowest BCUT2D eigenvalue weighted by atomic mass is 9.86. The summed E-state index contributed by atoms with van der Waals surface area (Å²) in [4.78, 5) is 2.57. The maximum absolute atomic E-state index is 9.43. The standard InChI is InChI=1S/C14H28N2O/c1-11-8-16(9-12(11)2)7-5-13-4-3-6-14(13,15)10-17/h11-13,17H,3-10,15H2,1-2H3. The summed E-state index contributed by atoms with van der Waals surface area (Å²) in [5.74, 6) is 2.19. The Bertz CT molecular complexity index is 249. The second-order valence-electron chi connectivity index (χ2n) is 6.48. The van der Waals surface area contributed by atoms with Crippen LogP contribution in [0.15, 0.2) is 0 Å². The average molecular weight is 240 g/mol. The monoisotopic (exact) mass is 240 g/mol. The number of rotatable bonds is 4. The third-order valence-electron chi connectivity index (χ3n) is 5.16. The SMILES string of the molecule is CC1CN(CCC2CCCC2(N)CO)CC1C. The van der Waals surface area contributed by atoms with Gasteiger partial charge in [-0.1, -0.05) is 20.3 Å². The van der Waals surface area contributed by atoms with E-state index in [4.69, 9.17) is 5.73 Å². The van der Waals surface area contributed by atoms with E-state index < -0.39 is 0 Å². The highest BCUT2D eigenvalue weighted by Crippen LogP contribution is 2.36. The van der Waals surface area contributed by atoms with Crippen molar-refractivity contribution in [3.05, 3.63) is 0 Å². The maximum atomic E-state index is 9.43. The Morgan fingerprint density at radius 1 is 1.29 bits per heavy atom. The Morgan fingerprint density at radius 3 is 2.53 bits per heavy atom. The summed E-state index contributed by atoms with van der Waals surface area (Å²) in [5.41, 5.74) is 5.99. The topological polar surface area (TPSA) is 49.5 Å². The van der Waals surface area contributed by atoms with Crippen LogP contribution < -0.4 is 5.73 Å². The average Bonchev–Trinajstić information content (AvgIpc) is 2.82. The molecule has 1 heterocycles. The number of likely N-dealkylation sites (tertiary alicyclic amines) is 1. The molecule has 1 aliphatic heterocycles. The fraction of sp³-hybridized carbons (Fsp3) is 1.00. The van der Waals surface area contributed by atoms with Gasteiger partial charge < -0.3 is 15.7 Å². The van der Waals surface area contributed by atoms with Gasteiger partial charge in [0, 0.05) is 18.6 Å².